The third-order valence-electron chi connectivity index (χ3n) is 5.19. The van der Waals surface area contributed by atoms with Gasteiger partial charge in [0.25, 0.3) is 11.8 Å². The Hall–Kier alpha value is -3.99. The number of aromatic nitrogens is 2. The maximum Gasteiger partial charge on any atom is 0.255 e. The first-order chi connectivity index (χ1) is 15.0. The van der Waals surface area contributed by atoms with E-state index in [0.29, 0.717) is 18.7 Å². The number of hydrogen-bond acceptors (Lipinski definition) is 4. The highest BCUT2D eigenvalue weighted by Gasteiger charge is 2.25. The van der Waals surface area contributed by atoms with Crippen LogP contribution in [0.15, 0.2) is 60.9 Å². The molecule has 31 heavy (non-hydrogen) atoms. The molecule has 1 saturated heterocycles. The Morgan fingerprint density at radius 1 is 1.16 bits per heavy atom. The molecule has 8 heteroatoms. The highest BCUT2D eigenvalue weighted by molar-refractivity contribution is 6.05. The minimum atomic E-state index is -0.621. The van der Waals surface area contributed by atoms with Crippen LogP contribution < -0.4 is 5.32 Å². The highest BCUT2D eigenvalue weighted by atomic mass is 19.1. The molecule has 0 aliphatic carbocycles. The SMILES string of the molecule is N#CC1CCCN(C(=O)c2cc(F)cc(NC(=O)c3ccc(-n4cccn4)cc3)c2)C1. The van der Waals surface area contributed by atoms with E-state index in [9.17, 15) is 14.0 Å². The van der Waals surface area contributed by atoms with Gasteiger partial charge in [0.05, 0.1) is 17.7 Å². The summed E-state index contributed by atoms with van der Waals surface area (Å²) in [5.41, 5.74) is 1.53. The van der Waals surface area contributed by atoms with Crippen molar-refractivity contribution in [3.8, 4) is 11.8 Å². The molecule has 1 aromatic heterocycles. The number of nitrogens with one attached hydrogen (secondary N) is 1. The normalized spacial score (nSPS) is 15.9. The number of carbonyl (C=O) groups is 2. The molecule has 1 aliphatic heterocycles. The number of anilines is 1. The molecule has 0 bridgehead atoms. The Morgan fingerprint density at radius 2 is 1.97 bits per heavy atom. The van der Waals surface area contributed by atoms with Gasteiger partial charge in [-0.05, 0) is 61.4 Å². The summed E-state index contributed by atoms with van der Waals surface area (Å²) in [4.78, 5) is 27.0. The standard InChI is InChI=1S/C23H20FN5O2/c24-19-11-18(23(31)28-9-1-3-16(14-25)15-28)12-20(13-19)27-22(30)17-4-6-21(7-5-17)29-10-2-8-26-29/h2,4-8,10-13,16H,1,3,9,15H2,(H,27,30). The van der Waals surface area contributed by atoms with Gasteiger partial charge in [0, 0.05) is 42.3 Å². The van der Waals surface area contributed by atoms with E-state index in [1.54, 1.807) is 52.3 Å². The Labute approximate surface area is 178 Å². The van der Waals surface area contributed by atoms with Gasteiger partial charge in [-0.1, -0.05) is 0 Å². The van der Waals surface area contributed by atoms with E-state index in [4.69, 9.17) is 5.26 Å². The number of halogens is 1. The van der Waals surface area contributed by atoms with Crippen molar-refractivity contribution in [1.29, 1.82) is 5.26 Å². The van der Waals surface area contributed by atoms with Gasteiger partial charge < -0.3 is 10.2 Å². The van der Waals surface area contributed by atoms with Gasteiger partial charge in [0.2, 0.25) is 0 Å². The van der Waals surface area contributed by atoms with Gasteiger partial charge in [-0.3, -0.25) is 9.59 Å². The monoisotopic (exact) mass is 417 g/mol. The van der Waals surface area contributed by atoms with Crippen LogP contribution in [0, 0.1) is 23.1 Å². The van der Waals surface area contributed by atoms with Crippen molar-refractivity contribution in [3.05, 3.63) is 77.9 Å². The molecular formula is C23H20FN5O2. The van der Waals surface area contributed by atoms with Crippen LogP contribution in [0.5, 0.6) is 0 Å². The molecule has 0 radical (unpaired) electrons. The molecule has 7 nitrogen and oxygen atoms in total. The van der Waals surface area contributed by atoms with Crippen LogP contribution in [0.3, 0.4) is 0 Å². The number of rotatable bonds is 4. The minimum Gasteiger partial charge on any atom is -0.337 e. The lowest BCUT2D eigenvalue weighted by Crippen LogP contribution is -2.39. The first-order valence-corrected chi connectivity index (χ1v) is 9.94. The Bertz CT molecular complexity index is 1140. The molecule has 156 valence electrons. The summed E-state index contributed by atoms with van der Waals surface area (Å²) in [5.74, 6) is -1.60. The lowest BCUT2D eigenvalue weighted by Gasteiger charge is -2.29. The van der Waals surface area contributed by atoms with Crippen LogP contribution in [-0.4, -0.2) is 39.6 Å². The molecule has 2 heterocycles. The van der Waals surface area contributed by atoms with E-state index in [2.05, 4.69) is 16.5 Å². The second-order valence-corrected chi connectivity index (χ2v) is 7.40. The summed E-state index contributed by atoms with van der Waals surface area (Å²) in [6.45, 7) is 0.855. The van der Waals surface area contributed by atoms with Crippen molar-refractivity contribution in [2.45, 2.75) is 12.8 Å². The Morgan fingerprint density at radius 3 is 2.68 bits per heavy atom. The van der Waals surface area contributed by atoms with E-state index < -0.39 is 11.7 Å². The van der Waals surface area contributed by atoms with Crippen LogP contribution in [0.4, 0.5) is 10.1 Å². The molecule has 4 rings (SSSR count). The van der Waals surface area contributed by atoms with Crippen molar-refractivity contribution in [1.82, 2.24) is 14.7 Å². The summed E-state index contributed by atoms with van der Waals surface area (Å²) in [7, 11) is 0. The van der Waals surface area contributed by atoms with E-state index in [1.807, 2.05) is 0 Å². The maximum atomic E-state index is 14.2. The fraction of sp³-hybridized carbons (Fsp3) is 0.217. The number of amides is 2. The van der Waals surface area contributed by atoms with Gasteiger partial charge in [-0.15, -0.1) is 0 Å². The molecule has 0 spiro atoms. The molecule has 1 aliphatic rings. The second-order valence-electron chi connectivity index (χ2n) is 7.40. The molecule has 2 amide bonds. The molecule has 1 unspecified atom stereocenters. The van der Waals surface area contributed by atoms with Crippen LogP contribution in [0.2, 0.25) is 0 Å². The van der Waals surface area contributed by atoms with Crippen LogP contribution >= 0.6 is 0 Å². The molecule has 1 N–H and O–H groups in total. The van der Waals surface area contributed by atoms with E-state index in [1.165, 1.54) is 12.1 Å². The van der Waals surface area contributed by atoms with Crippen molar-refractivity contribution < 1.29 is 14.0 Å². The molecule has 3 aromatic rings. The van der Waals surface area contributed by atoms with E-state index >= 15 is 0 Å². The van der Waals surface area contributed by atoms with Crippen molar-refractivity contribution >= 4 is 17.5 Å². The Kier molecular flexibility index (Phi) is 5.76. The number of nitriles is 1. The van der Waals surface area contributed by atoms with Crippen molar-refractivity contribution in [2.24, 2.45) is 5.92 Å². The van der Waals surface area contributed by atoms with Crippen LogP contribution in [-0.2, 0) is 0 Å². The third kappa shape index (κ3) is 4.61. The average molecular weight is 417 g/mol. The number of nitrogens with zero attached hydrogens (tertiary/aromatic N) is 4. The summed E-state index contributed by atoms with van der Waals surface area (Å²) >= 11 is 0. The number of carbonyl (C=O) groups excluding carboxylic acids is 2. The van der Waals surface area contributed by atoms with Crippen molar-refractivity contribution in [3.63, 3.8) is 0 Å². The summed E-state index contributed by atoms with van der Waals surface area (Å²) in [6.07, 6.45) is 4.94. The summed E-state index contributed by atoms with van der Waals surface area (Å²) < 4.78 is 15.8. The van der Waals surface area contributed by atoms with Gasteiger partial charge in [-0.25, -0.2) is 9.07 Å². The third-order valence-corrected chi connectivity index (χ3v) is 5.19. The fourth-order valence-electron chi connectivity index (χ4n) is 3.63. The molecular weight excluding hydrogens is 397 g/mol. The van der Waals surface area contributed by atoms with Gasteiger partial charge in [0.15, 0.2) is 0 Å². The lowest BCUT2D eigenvalue weighted by molar-refractivity contribution is 0.0698. The number of benzene rings is 2. The predicted octanol–water partition coefficient (Wildman–Crippen LogP) is 3.64. The first-order valence-electron chi connectivity index (χ1n) is 9.94. The van der Waals surface area contributed by atoms with E-state index in [-0.39, 0.29) is 23.1 Å². The molecule has 1 fully saturated rings. The van der Waals surface area contributed by atoms with Gasteiger partial charge >= 0.3 is 0 Å². The van der Waals surface area contributed by atoms with Crippen molar-refractivity contribution in [2.75, 3.05) is 18.4 Å². The zero-order chi connectivity index (χ0) is 21.8. The quantitative estimate of drug-likeness (QED) is 0.702. The lowest BCUT2D eigenvalue weighted by atomic mass is 9.99. The second kappa shape index (κ2) is 8.79. The minimum absolute atomic E-state index is 0.142. The topological polar surface area (TPSA) is 91.0 Å². The highest BCUT2D eigenvalue weighted by Crippen LogP contribution is 2.21. The summed E-state index contributed by atoms with van der Waals surface area (Å²) in [6, 6.07) is 14.6. The number of likely N-dealkylation sites (tertiary alicyclic amines) is 1. The first kappa shape index (κ1) is 20.3. The number of piperidine rings is 1. The maximum absolute atomic E-state index is 14.2. The number of hydrogen-bond donors (Lipinski definition) is 1. The van der Waals surface area contributed by atoms with Gasteiger partial charge in [0.1, 0.15) is 5.82 Å². The van der Waals surface area contributed by atoms with E-state index in [0.717, 1.165) is 24.6 Å². The smallest absolute Gasteiger partial charge is 0.255 e. The van der Waals surface area contributed by atoms with Gasteiger partial charge in [-0.2, -0.15) is 10.4 Å². The van der Waals surface area contributed by atoms with Crippen LogP contribution in [0.1, 0.15) is 33.6 Å². The predicted molar refractivity (Wildman–Crippen MR) is 112 cm³/mol. The zero-order valence-electron chi connectivity index (χ0n) is 16.7. The summed E-state index contributed by atoms with van der Waals surface area (Å²) in [5, 5.41) is 15.9. The zero-order valence-corrected chi connectivity index (χ0v) is 16.7. The molecule has 2 aromatic carbocycles. The molecule has 1 atom stereocenters. The largest absolute Gasteiger partial charge is 0.337 e. The molecule has 0 saturated carbocycles. The Balaban J connectivity index is 1.48. The van der Waals surface area contributed by atoms with Crippen LogP contribution in [0.25, 0.3) is 5.69 Å². The average Bonchev–Trinajstić information content (AvgIpc) is 3.33. The fourth-order valence-corrected chi connectivity index (χ4v) is 3.63.